The van der Waals surface area contributed by atoms with Gasteiger partial charge in [0.1, 0.15) is 0 Å². The van der Waals surface area contributed by atoms with Crippen LogP contribution in [0.15, 0.2) is 29.4 Å². The van der Waals surface area contributed by atoms with Gasteiger partial charge < -0.3 is 0 Å². The van der Waals surface area contributed by atoms with Crippen LogP contribution in [0.1, 0.15) is 11.1 Å². The molecule has 0 aliphatic carbocycles. The summed E-state index contributed by atoms with van der Waals surface area (Å²) in [5.74, 6) is 4.66. The van der Waals surface area contributed by atoms with E-state index in [1.807, 2.05) is 0 Å². The van der Waals surface area contributed by atoms with Gasteiger partial charge in [-0.1, -0.05) is 29.1 Å². The number of nitrogens with zero attached hydrogens (tertiary/aromatic N) is 3. The Labute approximate surface area is 89.5 Å². The minimum Gasteiger partial charge on any atom is -0.166 e. The van der Waals surface area contributed by atoms with Crippen molar-refractivity contribution in [2.45, 2.75) is 6.18 Å². The fraction of sp³-hybridized carbons (Fsp3) is 0.200. The van der Waals surface area contributed by atoms with E-state index in [9.17, 15) is 13.2 Å². The van der Waals surface area contributed by atoms with Gasteiger partial charge in [-0.15, -0.1) is 0 Å². The number of hydrogen-bond acceptors (Lipinski definition) is 1. The molecule has 1 aromatic rings. The molecule has 0 radical (unpaired) electrons. The summed E-state index contributed by atoms with van der Waals surface area (Å²) in [6.07, 6.45) is -4.43. The van der Waals surface area contributed by atoms with Crippen LogP contribution in [0.5, 0.6) is 0 Å². The van der Waals surface area contributed by atoms with Crippen LogP contribution >= 0.6 is 0 Å². The first kappa shape index (κ1) is 12.0. The molecule has 0 aliphatic rings. The van der Waals surface area contributed by atoms with Crippen LogP contribution in [-0.4, -0.2) is 6.54 Å². The molecular weight excluding hydrogens is 219 g/mol. The first-order valence-electron chi connectivity index (χ1n) is 4.21. The third-order valence-electron chi connectivity index (χ3n) is 1.67. The zero-order chi connectivity index (χ0) is 12.0. The minimum atomic E-state index is -4.43. The SMILES string of the molecule is [N-]=[N+]=NCC#Cc1ccccc1C(F)(F)F. The summed E-state index contributed by atoms with van der Waals surface area (Å²) in [6, 6.07) is 4.98. The second-order valence-electron chi connectivity index (χ2n) is 2.73. The first-order chi connectivity index (χ1) is 7.55. The fourth-order valence-corrected chi connectivity index (χ4v) is 1.04. The average Bonchev–Trinajstić information content (AvgIpc) is 2.24. The van der Waals surface area contributed by atoms with Gasteiger partial charge in [0.2, 0.25) is 0 Å². The summed E-state index contributed by atoms with van der Waals surface area (Å²) in [6.45, 7) is -0.150. The van der Waals surface area contributed by atoms with Crippen molar-refractivity contribution in [2.24, 2.45) is 5.11 Å². The number of rotatable bonds is 1. The summed E-state index contributed by atoms with van der Waals surface area (Å²) in [5.41, 5.74) is 7.05. The number of azide groups is 1. The van der Waals surface area contributed by atoms with Crippen LogP contribution in [0.4, 0.5) is 13.2 Å². The molecule has 0 saturated carbocycles. The van der Waals surface area contributed by atoms with Crippen molar-refractivity contribution in [1.82, 2.24) is 0 Å². The van der Waals surface area contributed by atoms with Crippen molar-refractivity contribution in [3.8, 4) is 11.8 Å². The molecule has 6 heteroatoms. The van der Waals surface area contributed by atoms with Crippen molar-refractivity contribution < 1.29 is 13.2 Å². The van der Waals surface area contributed by atoms with E-state index in [0.29, 0.717) is 0 Å². The Morgan fingerprint density at radius 3 is 2.62 bits per heavy atom. The van der Waals surface area contributed by atoms with Crippen molar-refractivity contribution >= 4 is 0 Å². The Morgan fingerprint density at radius 2 is 2.00 bits per heavy atom. The number of alkyl halides is 3. The molecule has 0 unspecified atom stereocenters. The molecule has 1 rings (SSSR count). The van der Waals surface area contributed by atoms with Gasteiger partial charge in [-0.3, -0.25) is 0 Å². The maximum absolute atomic E-state index is 12.5. The van der Waals surface area contributed by atoms with Crippen molar-refractivity contribution in [2.75, 3.05) is 6.54 Å². The molecule has 0 aromatic heterocycles. The summed E-state index contributed by atoms with van der Waals surface area (Å²) >= 11 is 0. The quantitative estimate of drug-likeness (QED) is 0.304. The van der Waals surface area contributed by atoms with E-state index >= 15 is 0 Å². The van der Waals surface area contributed by atoms with E-state index in [-0.39, 0.29) is 12.1 Å². The molecule has 1 aromatic carbocycles. The lowest BCUT2D eigenvalue weighted by Crippen LogP contribution is -2.07. The highest BCUT2D eigenvalue weighted by Crippen LogP contribution is 2.31. The average molecular weight is 225 g/mol. The van der Waals surface area contributed by atoms with Crippen molar-refractivity contribution in [1.29, 1.82) is 0 Å². The largest absolute Gasteiger partial charge is 0.417 e. The fourth-order valence-electron chi connectivity index (χ4n) is 1.04. The predicted molar refractivity (Wildman–Crippen MR) is 52.3 cm³/mol. The summed E-state index contributed by atoms with van der Waals surface area (Å²) in [7, 11) is 0. The van der Waals surface area contributed by atoms with Gasteiger partial charge >= 0.3 is 6.18 Å². The lowest BCUT2D eigenvalue weighted by atomic mass is 10.1. The van der Waals surface area contributed by atoms with Gasteiger partial charge in [0.25, 0.3) is 0 Å². The van der Waals surface area contributed by atoms with E-state index in [1.54, 1.807) is 0 Å². The van der Waals surface area contributed by atoms with Crippen molar-refractivity contribution in [3.63, 3.8) is 0 Å². The summed E-state index contributed by atoms with van der Waals surface area (Å²) < 4.78 is 37.4. The van der Waals surface area contributed by atoms with E-state index in [2.05, 4.69) is 21.9 Å². The third-order valence-corrected chi connectivity index (χ3v) is 1.67. The smallest absolute Gasteiger partial charge is 0.166 e. The standard InChI is InChI=1S/C10H6F3N3/c11-10(12,13)9-6-2-1-4-8(9)5-3-7-15-16-14/h1-2,4,6H,7H2. The molecule has 0 spiro atoms. The van der Waals surface area contributed by atoms with Gasteiger partial charge in [-0.25, -0.2) is 0 Å². The Hall–Kier alpha value is -2.12. The minimum absolute atomic E-state index is 0.122. The summed E-state index contributed by atoms with van der Waals surface area (Å²) in [5, 5.41) is 3.10. The topological polar surface area (TPSA) is 48.8 Å². The van der Waals surface area contributed by atoms with E-state index in [1.165, 1.54) is 18.2 Å². The maximum Gasteiger partial charge on any atom is 0.417 e. The highest BCUT2D eigenvalue weighted by molar-refractivity contribution is 5.42. The Bertz CT molecular complexity index is 476. The van der Waals surface area contributed by atoms with E-state index < -0.39 is 11.7 Å². The third kappa shape index (κ3) is 3.23. The van der Waals surface area contributed by atoms with Gasteiger partial charge in [0.05, 0.1) is 12.1 Å². The second-order valence-corrected chi connectivity index (χ2v) is 2.73. The van der Waals surface area contributed by atoms with Crippen LogP contribution in [-0.2, 0) is 6.18 Å². The van der Waals surface area contributed by atoms with Crippen LogP contribution in [0.3, 0.4) is 0 Å². The molecule has 0 N–H and O–H groups in total. The normalized spacial score (nSPS) is 9.94. The first-order valence-corrected chi connectivity index (χ1v) is 4.21. The van der Waals surface area contributed by atoms with Crippen LogP contribution in [0, 0.1) is 11.8 Å². The maximum atomic E-state index is 12.5. The van der Waals surface area contributed by atoms with Gasteiger partial charge in [0, 0.05) is 10.5 Å². The number of hydrogen-bond donors (Lipinski definition) is 0. The molecule has 0 amide bonds. The predicted octanol–water partition coefficient (Wildman–Crippen LogP) is 3.37. The summed E-state index contributed by atoms with van der Waals surface area (Å²) in [4.78, 5) is 2.44. The Kier molecular flexibility index (Phi) is 3.81. The number of halogens is 3. The lowest BCUT2D eigenvalue weighted by Gasteiger charge is -2.07. The Morgan fingerprint density at radius 1 is 1.31 bits per heavy atom. The zero-order valence-electron chi connectivity index (χ0n) is 7.99. The molecule has 16 heavy (non-hydrogen) atoms. The van der Waals surface area contributed by atoms with E-state index in [4.69, 9.17) is 5.53 Å². The molecule has 0 bridgehead atoms. The molecule has 3 nitrogen and oxygen atoms in total. The number of benzene rings is 1. The lowest BCUT2D eigenvalue weighted by molar-refractivity contribution is -0.137. The van der Waals surface area contributed by atoms with Gasteiger partial charge in [-0.05, 0) is 17.7 Å². The highest BCUT2D eigenvalue weighted by Gasteiger charge is 2.32. The van der Waals surface area contributed by atoms with Gasteiger partial charge in [-0.2, -0.15) is 13.2 Å². The van der Waals surface area contributed by atoms with Crippen LogP contribution < -0.4 is 0 Å². The van der Waals surface area contributed by atoms with Crippen LogP contribution in [0.25, 0.3) is 10.4 Å². The second kappa shape index (κ2) is 5.10. The Balaban J connectivity index is 3.03. The molecule has 0 fully saturated rings. The monoisotopic (exact) mass is 225 g/mol. The highest BCUT2D eigenvalue weighted by atomic mass is 19.4. The van der Waals surface area contributed by atoms with Crippen LogP contribution in [0.2, 0.25) is 0 Å². The molecule has 0 saturated heterocycles. The van der Waals surface area contributed by atoms with Crippen molar-refractivity contribution in [3.05, 3.63) is 45.8 Å². The molecule has 0 atom stereocenters. The van der Waals surface area contributed by atoms with E-state index in [0.717, 1.165) is 6.07 Å². The molecule has 82 valence electrons. The zero-order valence-corrected chi connectivity index (χ0v) is 7.99. The molecular formula is C10H6F3N3. The molecule has 0 aliphatic heterocycles. The molecule has 0 heterocycles. The van der Waals surface area contributed by atoms with Gasteiger partial charge in [0.15, 0.2) is 0 Å².